The number of likely N-dealkylation sites (tertiary alicyclic amines) is 1. The van der Waals surface area contributed by atoms with Gasteiger partial charge in [-0.15, -0.1) is 0 Å². The van der Waals surface area contributed by atoms with Crippen LogP contribution in [0.3, 0.4) is 0 Å². The van der Waals surface area contributed by atoms with Crippen LogP contribution in [0.5, 0.6) is 0 Å². The van der Waals surface area contributed by atoms with Crippen molar-refractivity contribution in [2.45, 2.75) is 18.8 Å². The molecule has 4 nitrogen and oxygen atoms in total. The van der Waals surface area contributed by atoms with Crippen LogP contribution in [-0.4, -0.2) is 34.1 Å². The van der Waals surface area contributed by atoms with E-state index in [-0.39, 0.29) is 17.0 Å². The van der Waals surface area contributed by atoms with Gasteiger partial charge >= 0.3 is 0 Å². The second kappa shape index (κ2) is 7.69. The highest BCUT2D eigenvalue weighted by Gasteiger charge is 2.28. The van der Waals surface area contributed by atoms with E-state index in [0.29, 0.717) is 37.0 Å². The zero-order chi connectivity index (χ0) is 20.5. The van der Waals surface area contributed by atoms with Gasteiger partial charge < -0.3 is 4.90 Å². The molecule has 2 aromatic carbocycles. The van der Waals surface area contributed by atoms with Crippen molar-refractivity contribution in [2.75, 3.05) is 13.1 Å². The van der Waals surface area contributed by atoms with Crippen molar-refractivity contribution in [2.24, 2.45) is 0 Å². The number of hydrogen-bond donors (Lipinski definition) is 1. The second-order valence-electron chi connectivity index (χ2n) is 7.05. The van der Waals surface area contributed by atoms with Gasteiger partial charge in [0.1, 0.15) is 23.3 Å². The molecule has 1 fully saturated rings. The Morgan fingerprint density at radius 3 is 2.45 bits per heavy atom. The zero-order valence-corrected chi connectivity index (χ0v) is 15.3. The number of nitrogens with zero attached hydrogens (tertiary/aromatic N) is 2. The first-order valence-electron chi connectivity index (χ1n) is 9.17. The molecule has 1 aliphatic heterocycles. The number of rotatable bonds is 3. The third-order valence-corrected chi connectivity index (χ3v) is 5.11. The maximum Gasteiger partial charge on any atom is 0.256 e. The quantitative estimate of drug-likeness (QED) is 0.647. The van der Waals surface area contributed by atoms with E-state index >= 15 is 0 Å². The topological polar surface area (TPSA) is 49.0 Å². The zero-order valence-electron chi connectivity index (χ0n) is 15.3. The van der Waals surface area contributed by atoms with Crippen LogP contribution in [0.4, 0.5) is 17.6 Å². The first kappa shape index (κ1) is 19.2. The molecule has 0 bridgehead atoms. The van der Waals surface area contributed by atoms with Crippen molar-refractivity contribution in [1.82, 2.24) is 15.1 Å². The van der Waals surface area contributed by atoms with Crippen molar-refractivity contribution in [3.05, 3.63) is 77.0 Å². The van der Waals surface area contributed by atoms with Gasteiger partial charge in [0, 0.05) is 42.4 Å². The van der Waals surface area contributed by atoms with Crippen molar-refractivity contribution in [3.8, 4) is 11.3 Å². The first-order chi connectivity index (χ1) is 13.9. The van der Waals surface area contributed by atoms with Crippen LogP contribution < -0.4 is 0 Å². The average molecular weight is 403 g/mol. The SMILES string of the molecule is O=C(c1ccc(F)cc1F)N1CCC[C@H](c2cc(-c3ccc(F)cc3F)n[nH]2)C1. The molecule has 0 spiro atoms. The summed E-state index contributed by atoms with van der Waals surface area (Å²) in [6.45, 7) is 0.781. The molecule has 4 rings (SSSR count). The number of H-pyrrole nitrogens is 1. The number of amides is 1. The van der Waals surface area contributed by atoms with E-state index in [4.69, 9.17) is 0 Å². The van der Waals surface area contributed by atoms with Crippen LogP contribution >= 0.6 is 0 Å². The lowest BCUT2D eigenvalue weighted by molar-refractivity contribution is 0.0701. The molecule has 1 aromatic heterocycles. The predicted molar refractivity (Wildman–Crippen MR) is 98.2 cm³/mol. The summed E-state index contributed by atoms with van der Waals surface area (Å²) in [5.41, 5.74) is 1.04. The normalized spacial score (nSPS) is 16.8. The Hall–Kier alpha value is -3.16. The Kier molecular flexibility index (Phi) is 5.08. The molecule has 1 N–H and O–H groups in total. The van der Waals surface area contributed by atoms with Gasteiger partial charge in [-0.2, -0.15) is 5.10 Å². The molecule has 0 unspecified atom stereocenters. The number of nitrogens with one attached hydrogen (secondary N) is 1. The number of hydrogen-bond acceptors (Lipinski definition) is 2. The number of aromatic nitrogens is 2. The summed E-state index contributed by atoms with van der Waals surface area (Å²) < 4.78 is 54.2. The fourth-order valence-corrected chi connectivity index (χ4v) is 3.63. The molecule has 1 aliphatic rings. The van der Waals surface area contributed by atoms with E-state index in [1.165, 1.54) is 11.0 Å². The van der Waals surface area contributed by atoms with E-state index in [0.717, 1.165) is 30.7 Å². The second-order valence-corrected chi connectivity index (χ2v) is 7.05. The molecule has 29 heavy (non-hydrogen) atoms. The fraction of sp³-hybridized carbons (Fsp3) is 0.238. The minimum absolute atomic E-state index is 0.0963. The van der Waals surface area contributed by atoms with Crippen LogP contribution in [-0.2, 0) is 0 Å². The predicted octanol–water partition coefficient (Wildman–Crippen LogP) is 4.65. The smallest absolute Gasteiger partial charge is 0.256 e. The molecule has 150 valence electrons. The molecule has 3 aromatic rings. The van der Waals surface area contributed by atoms with Crippen LogP contribution in [0.2, 0.25) is 0 Å². The van der Waals surface area contributed by atoms with Gasteiger partial charge in [0.25, 0.3) is 5.91 Å². The summed E-state index contributed by atoms with van der Waals surface area (Å²) in [5.74, 6) is -3.62. The highest BCUT2D eigenvalue weighted by molar-refractivity contribution is 5.94. The van der Waals surface area contributed by atoms with Gasteiger partial charge in [0.05, 0.1) is 11.3 Å². The Morgan fingerprint density at radius 1 is 1.00 bits per heavy atom. The van der Waals surface area contributed by atoms with E-state index < -0.39 is 29.2 Å². The van der Waals surface area contributed by atoms with Crippen molar-refractivity contribution < 1.29 is 22.4 Å². The van der Waals surface area contributed by atoms with Gasteiger partial charge in [-0.3, -0.25) is 9.89 Å². The lowest BCUT2D eigenvalue weighted by Gasteiger charge is -2.32. The van der Waals surface area contributed by atoms with Gasteiger partial charge in [0.15, 0.2) is 0 Å². The molecule has 1 atom stereocenters. The van der Waals surface area contributed by atoms with Crippen LogP contribution in [0.1, 0.15) is 34.8 Å². The largest absolute Gasteiger partial charge is 0.338 e. The molecule has 2 heterocycles. The third kappa shape index (κ3) is 3.87. The van der Waals surface area contributed by atoms with E-state index in [2.05, 4.69) is 10.2 Å². The summed E-state index contributed by atoms with van der Waals surface area (Å²) in [6.07, 6.45) is 1.46. The van der Waals surface area contributed by atoms with Gasteiger partial charge in [-0.05, 0) is 43.2 Å². The minimum Gasteiger partial charge on any atom is -0.338 e. The highest BCUT2D eigenvalue weighted by atomic mass is 19.1. The summed E-state index contributed by atoms with van der Waals surface area (Å²) >= 11 is 0. The summed E-state index contributed by atoms with van der Waals surface area (Å²) in [4.78, 5) is 14.2. The lowest BCUT2D eigenvalue weighted by atomic mass is 9.93. The fourth-order valence-electron chi connectivity index (χ4n) is 3.63. The summed E-state index contributed by atoms with van der Waals surface area (Å²) in [5, 5.41) is 6.97. The molecular formula is C21H17F4N3O. The number of carbonyl (C=O) groups is 1. The van der Waals surface area contributed by atoms with Crippen molar-refractivity contribution in [3.63, 3.8) is 0 Å². The Morgan fingerprint density at radius 2 is 1.72 bits per heavy atom. The monoisotopic (exact) mass is 403 g/mol. The Bertz CT molecular complexity index is 1070. The molecule has 8 heteroatoms. The molecule has 1 saturated heterocycles. The van der Waals surface area contributed by atoms with Crippen LogP contribution in [0, 0.1) is 23.3 Å². The van der Waals surface area contributed by atoms with E-state index in [1.807, 2.05) is 0 Å². The third-order valence-electron chi connectivity index (χ3n) is 5.11. The van der Waals surface area contributed by atoms with Crippen molar-refractivity contribution >= 4 is 5.91 Å². The van der Waals surface area contributed by atoms with E-state index in [1.54, 1.807) is 6.07 Å². The number of benzene rings is 2. The molecular weight excluding hydrogens is 386 g/mol. The maximum atomic E-state index is 14.0. The molecule has 0 saturated carbocycles. The lowest BCUT2D eigenvalue weighted by Crippen LogP contribution is -2.39. The number of halogens is 4. The summed E-state index contributed by atoms with van der Waals surface area (Å²) in [7, 11) is 0. The van der Waals surface area contributed by atoms with Crippen LogP contribution in [0.15, 0.2) is 42.5 Å². The first-order valence-corrected chi connectivity index (χ1v) is 9.17. The summed E-state index contributed by atoms with van der Waals surface area (Å²) in [6, 6.07) is 7.82. The number of aromatic amines is 1. The van der Waals surface area contributed by atoms with Gasteiger partial charge in [-0.25, -0.2) is 17.6 Å². The van der Waals surface area contributed by atoms with Gasteiger partial charge in [0.2, 0.25) is 0 Å². The molecule has 1 amide bonds. The van der Waals surface area contributed by atoms with E-state index in [9.17, 15) is 22.4 Å². The standard InChI is InChI=1S/C21H17F4N3O/c22-13-3-5-15(17(24)8-13)20-10-19(26-27-20)12-2-1-7-28(11-12)21(29)16-6-4-14(23)9-18(16)25/h3-6,8-10,12H,1-2,7,11H2,(H,26,27)/t12-/m0/s1. The highest BCUT2D eigenvalue weighted by Crippen LogP contribution is 2.30. The average Bonchev–Trinajstić information content (AvgIpc) is 3.17. The minimum atomic E-state index is -0.896. The van der Waals surface area contributed by atoms with Crippen LogP contribution in [0.25, 0.3) is 11.3 Å². The Balaban J connectivity index is 1.53. The number of carbonyl (C=O) groups excluding carboxylic acids is 1. The Labute approximate surface area is 164 Å². The van der Waals surface area contributed by atoms with Gasteiger partial charge in [-0.1, -0.05) is 0 Å². The maximum absolute atomic E-state index is 14.0. The number of piperidine rings is 1. The van der Waals surface area contributed by atoms with Crippen molar-refractivity contribution in [1.29, 1.82) is 0 Å². The molecule has 0 aliphatic carbocycles. The molecule has 0 radical (unpaired) electrons.